The molecule has 0 saturated carbocycles. The number of ether oxygens (including phenoxy) is 1. The first kappa shape index (κ1) is 20.7. The molecule has 2 heterocycles. The molecule has 8 N–H and O–H groups in total. The smallest absolute Gasteiger partial charge is 0.153 e. The summed E-state index contributed by atoms with van der Waals surface area (Å²) >= 11 is 0. The first-order chi connectivity index (χ1) is 14.3. The van der Waals surface area contributed by atoms with Gasteiger partial charge in [-0.15, -0.1) is 0 Å². The summed E-state index contributed by atoms with van der Waals surface area (Å²) in [5.41, 5.74) is 9.80. The second-order valence-electron chi connectivity index (χ2n) is 7.68. The number of hydrogen-bond acceptors (Lipinski definition) is 8. The predicted molar refractivity (Wildman–Crippen MR) is 109 cm³/mol. The number of nitrogens with two attached hydrogens (primary N) is 1. The standard InChI is InChI=1S/C21H25N3O6/c1-9-6-10(11-3-5-14-13(7-11)21(22)24-23-14)2-4-12(9)16(26)20-19(29)18(28)17(27)15(8-25)30-20/h2-7,15-20,25-29H,8H2,1H3,(H3,22,23,24)/t15?,16-,17-,18+,19?,20-/m1/s1. The van der Waals surface area contributed by atoms with E-state index in [4.69, 9.17) is 10.5 Å². The Labute approximate surface area is 172 Å². The van der Waals surface area contributed by atoms with Crippen molar-refractivity contribution in [1.82, 2.24) is 10.2 Å². The van der Waals surface area contributed by atoms with Crippen molar-refractivity contribution in [1.29, 1.82) is 0 Å². The summed E-state index contributed by atoms with van der Waals surface area (Å²) in [6.45, 7) is 1.27. The molecule has 1 saturated heterocycles. The predicted octanol–water partition coefficient (Wildman–Crippen LogP) is -0.00368. The number of hydrogen-bond donors (Lipinski definition) is 7. The van der Waals surface area contributed by atoms with Crippen LogP contribution in [0.3, 0.4) is 0 Å². The number of anilines is 1. The maximum absolute atomic E-state index is 10.8. The third-order valence-electron chi connectivity index (χ3n) is 5.75. The quantitative estimate of drug-likeness (QED) is 0.313. The number of aliphatic hydroxyl groups excluding tert-OH is 5. The Bertz CT molecular complexity index is 1050. The van der Waals surface area contributed by atoms with Crippen LogP contribution < -0.4 is 5.73 Å². The molecule has 3 aromatic rings. The molecule has 1 aliphatic rings. The van der Waals surface area contributed by atoms with Gasteiger partial charge in [-0.25, -0.2) is 0 Å². The van der Waals surface area contributed by atoms with E-state index in [1.54, 1.807) is 6.07 Å². The number of aromatic amines is 1. The topological polar surface area (TPSA) is 165 Å². The number of aliphatic hydroxyl groups is 5. The zero-order chi connectivity index (χ0) is 21.6. The number of benzene rings is 2. The van der Waals surface area contributed by atoms with Crippen molar-refractivity contribution in [2.45, 2.75) is 43.5 Å². The van der Waals surface area contributed by atoms with Crippen LogP contribution in [-0.2, 0) is 4.74 Å². The highest BCUT2D eigenvalue weighted by Crippen LogP contribution is 2.34. The van der Waals surface area contributed by atoms with Crippen LogP contribution >= 0.6 is 0 Å². The number of rotatable bonds is 4. The molecule has 2 unspecified atom stereocenters. The second-order valence-corrected chi connectivity index (χ2v) is 7.68. The number of nitrogens with zero attached hydrogens (tertiary/aromatic N) is 1. The van der Waals surface area contributed by atoms with Gasteiger partial charge in [0.1, 0.15) is 36.6 Å². The molecule has 0 spiro atoms. The van der Waals surface area contributed by atoms with E-state index in [-0.39, 0.29) is 0 Å². The SMILES string of the molecule is Cc1cc(-c2ccc3[nH]nc(N)c3c2)ccc1[C@@H](O)[C@H]1OC(CO)[C@@H](O)[C@H](O)C1O. The summed E-state index contributed by atoms with van der Waals surface area (Å²) in [4.78, 5) is 0. The lowest BCUT2D eigenvalue weighted by Gasteiger charge is -2.42. The van der Waals surface area contributed by atoms with Gasteiger partial charge < -0.3 is 36.0 Å². The van der Waals surface area contributed by atoms with Crippen molar-refractivity contribution in [2.24, 2.45) is 0 Å². The first-order valence-electron chi connectivity index (χ1n) is 9.65. The number of aryl methyl sites for hydroxylation is 1. The minimum Gasteiger partial charge on any atom is -0.394 e. The number of nitrogen functional groups attached to an aromatic ring is 1. The molecular formula is C21H25N3O6. The van der Waals surface area contributed by atoms with Crippen LogP contribution in [0.5, 0.6) is 0 Å². The first-order valence-corrected chi connectivity index (χ1v) is 9.65. The molecule has 0 bridgehead atoms. The molecule has 6 atom stereocenters. The van der Waals surface area contributed by atoms with E-state index >= 15 is 0 Å². The van der Waals surface area contributed by atoms with Gasteiger partial charge in [-0.3, -0.25) is 5.10 Å². The van der Waals surface area contributed by atoms with Crippen LogP contribution in [0.1, 0.15) is 17.2 Å². The van der Waals surface area contributed by atoms with E-state index in [1.165, 1.54) is 0 Å². The van der Waals surface area contributed by atoms with Crippen molar-refractivity contribution in [2.75, 3.05) is 12.3 Å². The molecule has 0 amide bonds. The fourth-order valence-electron chi connectivity index (χ4n) is 3.97. The Kier molecular flexibility index (Phi) is 5.49. The van der Waals surface area contributed by atoms with E-state index in [0.29, 0.717) is 11.4 Å². The summed E-state index contributed by atoms with van der Waals surface area (Å²) in [5.74, 6) is 0.415. The molecular weight excluding hydrogens is 390 g/mol. The van der Waals surface area contributed by atoms with Gasteiger partial charge >= 0.3 is 0 Å². The van der Waals surface area contributed by atoms with Crippen LogP contribution in [0.2, 0.25) is 0 Å². The molecule has 1 aliphatic heterocycles. The molecule has 30 heavy (non-hydrogen) atoms. The average molecular weight is 415 g/mol. The summed E-state index contributed by atoms with van der Waals surface area (Å²) in [6, 6.07) is 11.2. The van der Waals surface area contributed by atoms with Gasteiger partial charge in [0.2, 0.25) is 0 Å². The fraction of sp³-hybridized carbons (Fsp3) is 0.381. The molecule has 160 valence electrons. The number of nitrogens with one attached hydrogen (secondary N) is 1. The highest BCUT2D eigenvalue weighted by Gasteiger charge is 2.46. The minimum atomic E-state index is -1.54. The van der Waals surface area contributed by atoms with Crippen LogP contribution in [0, 0.1) is 6.92 Å². The Morgan fingerprint density at radius 3 is 2.47 bits per heavy atom. The maximum atomic E-state index is 10.8. The zero-order valence-electron chi connectivity index (χ0n) is 16.3. The summed E-state index contributed by atoms with van der Waals surface area (Å²) < 4.78 is 5.48. The third kappa shape index (κ3) is 3.45. The lowest BCUT2D eigenvalue weighted by atomic mass is 9.88. The molecule has 0 radical (unpaired) electrons. The number of aromatic nitrogens is 2. The van der Waals surface area contributed by atoms with E-state index in [2.05, 4.69) is 10.2 Å². The molecule has 0 aliphatic carbocycles. The summed E-state index contributed by atoms with van der Waals surface area (Å²) in [5, 5.41) is 58.1. The van der Waals surface area contributed by atoms with Gasteiger partial charge in [0, 0.05) is 5.39 Å². The Morgan fingerprint density at radius 1 is 1.07 bits per heavy atom. The number of H-pyrrole nitrogens is 1. The molecule has 9 nitrogen and oxygen atoms in total. The summed E-state index contributed by atoms with van der Waals surface area (Å²) in [7, 11) is 0. The van der Waals surface area contributed by atoms with Crippen molar-refractivity contribution >= 4 is 16.7 Å². The normalized spacial score (nSPS) is 28.0. The maximum Gasteiger partial charge on any atom is 0.153 e. The Hall–Kier alpha value is -2.53. The van der Waals surface area contributed by atoms with Crippen molar-refractivity contribution in [3.63, 3.8) is 0 Å². The Morgan fingerprint density at radius 2 is 1.77 bits per heavy atom. The summed E-state index contributed by atoms with van der Waals surface area (Å²) in [6.07, 6.45) is -8.06. The molecule has 2 aromatic carbocycles. The Balaban J connectivity index is 1.63. The van der Waals surface area contributed by atoms with Crippen molar-refractivity contribution < 1.29 is 30.3 Å². The van der Waals surface area contributed by atoms with E-state index in [0.717, 1.165) is 27.6 Å². The molecule has 1 aromatic heterocycles. The second kappa shape index (κ2) is 7.95. The highest BCUT2D eigenvalue weighted by molar-refractivity contribution is 5.92. The molecule has 1 fully saturated rings. The lowest BCUT2D eigenvalue weighted by molar-refractivity contribution is -0.250. The fourth-order valence-corrected chi connectivity index (χ4v) is 3.97. The van der Waals surface area contributed by atoms with E-state index < -0.39 is 43.2 Å². The third-order valence-corrected chi connectivity index (χ3v) is 5.75. The van der Waals surface area contributed by atoms with E-state index in [9.17, 15) is 25.5 Å². The van der Waals surface area contributed by atoms with Crippen molar-refractivity contribution in [3.05, 3.63) is 47.5 Å². The van der Waals surface area contributed by atoms with Gasteiger partial charge in [-0.1, -0.05) is 24.3 Å². The molecule has 9 heteroatoms. The lowest BCUT2D eigenvalue weighted by Crippen LogP contribution is -2.59. The van der Waals surface area contributed by atoms with Gasteiger partial charge in [0.05, 0.1) is 12.1 Å². The largest absolute Gasteiger partial charge is 0.394 e. The molecule has 4 rings (SSSR count). The highest BCUT2D eigenvalue weighted by atomic mass is 16.6. The van der Waals surface area contributed by atoms with Crippen LogP contribution in [-0.4, -0.2) is 72.9 Å². The average Bonchev–Trinajstić information content (AvgIpc) is 3.12. The van der Waals surface area contributed by atoms with Crippen LogP contribution in [0.25, 0.3) is 22.0 Å². The van der Waals surface area contributed by atoms with Gasteiger partial charge in [-0.2, -0.15) is 5.10 Å². The number of fused-ring (bicyclic) bond motifs is 1. The van der Waals surface area contributed by atoms with Crippen LogP contribution in [0.4, 0.5) is 5.82 Å². The van der Waals surface area contributed by atoms with E-state index in [1.807, 2.05) is 37.3 Å². The van der Waals surface area contributed by atoms with Crippen molar-refractivity contribution in [3.8, 4) is 11.1 Å². The monoisotopic (exact) mass is 415 g/mol. The van der Waals surface area contributed by atoms with Gasteiger partial charge in [0.15, 0.2) is 5.82 Å². The van der Waals surface area contributed by atoms with Gasteiger partial charge in [-0.05, 0) is 41.3 Å². The zero-order valence-corrected chi connectivity index (χ0v) is 16.3. The minimum absolute atomic E-state index is 0.415. The van der Waals surface area contributed by atoms with Gasteiger partial charge in [0.25, 0.3) is 0 Å². The van der Waals surface area contributed by atoms with Crippen LogP contribution in [0.15, 0.2) is 36.4 Å².